The first kappa shape index (κ1) is 23.2. The van der Waals surface area contributed by atoms with Crippen LogP contribution in [0.5, 0.6) is 0 Å². The summed E-state index contributed by atoms with van der Waals surface area (Å²) >= 11 is 0. The fourth-order valence-corrected chi connectivity index (χ4v) is 3.06. The van der Waals surface area contributed by atoms with E-state index in [9.17, 15) is 9.59 Å². The number of para-hydroxylation sites is 1. The highest BCUT2D eigenvalue weighted by molar-refractivity contribution is 5.97. The zero-order chi connectivity index (χ0) is 22.3. The van der Waals surface area contributed by atoms with Crippen LogP contribution in [0.4, 0.5) is 0 Å². The lowest BCUT2D eigenvalue weighted by molar-refractivity contribution is 0.0781. The van der Waals surface area contributed by atoms with E-state index >= 15 is 0 Å². The molecule has 0 saturated heterocycles. The van der Waals surface area contributed by atoms with Gasteiger partial charge < -0.3 is 14.9 Å². The summed E-state index contributed by atoms with van der Waals surface area (Å²) in [5.41, 5.74) is 6.76. The van der Waals surface area contributed by atoms with E-state index in [1.807, 2.05) is 57.3 Å². The molecule has 0 unspecified atom stereocenters. The van der Waals surface area contributed by atoms with E-state index in [2.05, 4.69) is 30.4 Å². The number of benzene rings is 2. The Morgan fingerprint density at radius 1 is 1.13 bits per heavy atom. The first-order chi connectivity index (χ1) is 14.3. The van der Waals surface area contributed by atoms with Crippen LogP contribution in [0.25, 0.3) is 16.6 Å². The largest absolute Gasteiger partial charge is 0.341 e. The molecule has 5 heteroatoms. The second-order valence-corrected chi connectivity index (χ2v) is 7.71. The van der Waals surface area contributed by atoms with Crippen LogP contribution < -0.4 is 5.69 Å². The van der Waals surface area contributed by atoms with E-state index < -0.39 is 0 Å². The number of unbranched alkanes of at least 4 members (excludes halogenated alkanes) is 1. The highest BCUT2D eigenvalue weighted by atomic mass is 16.2. The van der Waals surface area contributed by atoms with E-state index in [0.717, 1.165) is 51.8 Å². The van der Waals surface area contributed by atoms with E-state index in [1.165, 1.54) is 12.8 Å². The van der Waals surface area contributed by atoms with Crippen LogP contribution in [-0.2, 0) is 6.42 Å². The van der Waals surface area contributed by atoms with Crippen molar-refractivity contribution in [2.75, 3.05) is 13.6 Å². The number of rotatable bonds is 2. The first-order valence-electron chi connectivity index (χ1n) is 10.5. The number of nitrogens with one attached hydrogen (secondary N) is 2. The van der Waals surface area contributed by atoms with Crippen LogP contribution in [0, 0.1) is 6.92 Å². The van der Waals surface area contributed by atoms with Crippen LogP contribution in [0.1, 0.15) is 63.5 Å². The molecule has 164 valence electrons. The Labute approximate surface area is 181 Å². The number of fused-ring (bicyclic) bond motifs is 2. The van der Waals surface area contributed by atoms with Gasteiger partial charge >= 0.3 is 5.69 Å². The summed E-state index contributed by atoms with van der Waals surface area (Å²) in [4.78, 5) is 29.9. The molecule has 2 aromatic carbocycles. The molecule has 0 aliphatic carbocycles. The summed E-state index contributed by atoms with van der Waals surface area (Å²) in [5, 5.41) is 0. The van der Waals surface area contributed by atoms with E-state index in [-0.39, 0.29) is 14.5 Å². The van der Waals surface area contributed by atoms with Crippen LogP contribution in [0.15, 0.2) is 47.8 Å². The molecule has 0 atom stereocenters. The van der Waals surface area contributed by atoms with Crippen molar-refractivity contribution in [3.05, 3.63) is 75.7 Å². The summed E-state index contributed by atoms with van der Waals surface area (Å²) < 4.78 is 0. The lowest BCUT2D eigenvalue weighted by Gasteiger charge is -2.25. The molecular weight excluding hydrogens is 374 g/mol. The third kappa shape index (κ3) is 5.72. The predicted octanol–water partition coefficient (Wildman–Crippen LogP) is 5.81. The maximum atomic E-state index is 11.9. The molecule has 0 bridgehead atoms. The van der Waals surface area contributed by atoms with Crippen LogP contribution in [0.3, 0.4) is 0 Å². The molecule has 0 saturated carbocycles. The average molecular weight is 412 g/mol. The van der Waals surface area contributed by atoms with Crippen molar-refractivity contribution in [2.24, 2.45) is 0 Å². The van der Waals surface area contributed by atoms with Crippen molar-refractivity contribution < 1.29 is 7.65 Å². The molecular formula is C25H37N3O2. The minimum atomic E-state index is -0.144. The average Bonchev–Trinajstić information content (AvgIpc) is 3.13. The number of carbonyl (C=O) groups is 1. The number of allylic oxidation sites excluding steroid dienone is 1. The summed E-state index contributed by atoms with van der Waals surface area (Å²) in [6.07, 6.45) is 3.59. The maximum Gasteiger partial charge on any atom is 0.323 e. The number of aryl methyl sites for hydroxylation is 1. The van der Waals surface area contributed by atoms with Gasteiger partial charge in [-0.25, -0.2) is 4.79 Å². The Kier molecular flexibility index (Phi) is 8.22. The molecule has 1 amide bonds. The summed E-state index contributed by atoms with van der Waals surface area (Å²) in [6, 6.07) is 11.8. The fraction of sp³-hybridized carbons (Fsp3) is 0.360. The number of H-pyrrole nitrogens is 2. The SMILES string of the molecule is C=C(C)c1ccc2c(c1)C(=O)N(C)CC2.CCCC.Cc1cccc2[nH]c(=O)[nH]c12.[HH].[HH]. The van der Waals surface area contributed by atoms with Crippen LogP contribution >= 0.6 is 0 Å². The van der Waals surface area contributed by atoms with Gasteiger partial charge in [-0.15, -0.1) is 0 Å². The number of imidazole rings is 1. The standard InChI is InChI=1S/C13H15NO.C8H8N2O.C4H10.2H2/c1-9(2)11-5-4-10-6-7-14(3)13(15)12(10)8-11;1-5-3-2-4-6-7(5)10-8(11)9-6;1-3-4-2;;/h4-5,8H,1,6-7H2,2-3H3;2-4H,1H3,(H2,9,10,11);3-4H2,1-2H3;2*1H. The quantitative estimate of drug-likeness (QED) is 0.558. The minimum Gasteiger partial charge on any atom is -0.341 e. The van der Waals surface area contributed by atoms with Gasteiger partial charge in [0.25, 0.3) is 5.91 Å². The molecule has 5 nitrogen and oxygen atoms in total. The number of amides is 1. The zero-order valence-electron chi connectivity index (χ0n) is 18.8. The van der Waals surface area contributed by atoms with E-state index in [4.69, 9.17) is 0 Å². The molecule has 2 heterocycles. The number of aromatic amines is 2. The lowest BCUT2D eigenvalue weighted by Crippen LogP contribution is -2.34. The molecule has 1 aliphatic rings. The minimum absolute atomic E-state index is 0. The molecule has 0 fully saturated rings. The van der Waals surface area contributed by atoms with Crippen LogP contribution in [0.2, 0.25) is 0 Å². The number of nitrogens with zero attached hydrogens (tertiary/aromatic N) is 1. The van der Waals surface area contributed by atoms with Crippen molar-refractivity contribution in [3.63, 3.8) is 0 Å². The van der Waals surface area contributed by atoms with Gasteiger partial charge in [0.2, 0.25) is 0 Å². The topological polar surface area (TPSA) is 69.0 Å². The molecule has 0 spiro atoms. The van der Waals surface area contributed by atoms with Gasteiger partial charge in [0.05, 0.1) is 11.0 Å². The molecule has 2 N–H and O–H groups in total. The number of aromatic nitrogens is 2. The van der Waals surface area contributed by atoms with Gasteiger partial charge in [0.1, 0.15) is 0 Å². The van der Waals surface area contributed by atoms with Crippen molar-refractivity contribution in [1.82, 2.24) is 14.9 Å². The fourth-order valence-electron chi connectivity index (χ4n) is 3.06. The number of hydrogen-bond donors (Lipinski definition) is 2. The zero-order valence-corrected chi connectivity index (χ0v) is 18.8. The van der Waals surface area contributed by atoms with Crippen molar-refractivity contribution in [1.29, 1.82) is 0 Å². The number of carbonyl (C=O) groups excluding carboxylic acids is 1. The Bertz CT molecular complexity index is 1080. The summed E-state index contributed by atoms with van der Waals surface area (Å²) in [6.45, 7) is 13.0. The predicted molar refractivity (Wildman–Crippen MR) is 130 cm³/mol. The van der Waals surface area contributed by atoms with E-state index in [0.29, 0.717) is 0 Å². The molecule has 0 radical (unpaired) electrons. The van der Waals surface area contributed by atoms with Crippen molar-refractivity contribution in [3.8, 4) is 0 Å². The van der Waals surface area contributed by atoms with Gasteiger partial charge in [0.15, 0.2) is 0 Å². The Morgan fingerprint density at radius 2 is 1.83 bits per heavy atom. The van der Waals surface area contributed by atoms with Gasteiger partial charge in [-0.3, -0.25) is 4.79 Å². The molecule has 1 aliphatic heterocycles. The Hall–Kier alpha value is -3.08. The Morgan fingerprint density at radius 3 is 2.43 bits per heavy atom. The Balaban J connectivity index is 0.000000502. The number of hydrogen-bond acceptors (Lipinski definition) is 2. The monoisotopic (exact) mass is 411 g/mol. The van der Waals surface area contributed by atoms with Gasteiger partial charge in [-0.05, 0) is 49.1 Å². The van der Waals surface area contributed by atoms with Gasteiger partial charge in [-0.1, -0.05) is 63.1 Å². The van der Waals surface area contributed by atoms with Crippen LogP contribution in [-0.4, -0.2) is 34.4 Å². The first-order valence-corrected chi connectivity index (χ1v) is 10.5. The van der Waals surface area contributed by atoms with E-state index in [1.54, 1.807) is 4.90 Å². The third-order valence-corrected chi connectivity index (χ3v) is 5.16. The molecule has 3 aromatic rings. The highest BCUT2D eigenvalue weighted by Gasteiger charge is 2.21. The lowest BCUT2D eigenvalue weighted by atomic mass is 9.95. The third-order valence-electron chi connectivity index (χ3n) is 5.16. The van der Waals surface area contributed by atoms with Crippen molar-refractivity contribution >= 4 is 22.5 Å². The van der Waals surface area contributed by atoms with Crippen molar-refractivity contribution in [2.45, 2.75) is 47.0 Å². The summed E-state index contributed by atoms with van der Waals surface area (Å²) in [5.74, 6) is 0.124. The molecule has 4 rings (SSSR count). The molecule has 1 aromatic heterocycles. The number of likely N-dealkylation sites (N-methyl/N-ethyl adjacent to an activating group) is 1. The second-order valence-electron chi connectivity index (χ2n) is 7.71. The van der Waals surface area contributed by atoms with Gasteiger partial charge in [-0.2, -0.15) is 0 Å². The normalized spacial score (nSPS) is 12.4. The van der Waals surface area contributed by atoms with Gasteiger partial charge in [0, 0.05) is 22.0 Å². The molecule has 30 heavy (non-hydrogen) atoms. The highest BCUT2D eigenvalue weighted by Crippen LogP contribution is 2.22. The smallest absolute Gasteiger partial charge is 0.323 e. The maximum absolute atomic E-state index is 11.9. The second kappa shape index (κ2) is 10.6. The summed E-state index contributed by atoms with van der Waals surface area (Å²) in [7, 11) is 1.85.